The number of carboxylic acids is 1. The minimum Gasteiger partial charge on any atom is -0.481 e. The number of aliphatic carboxylic acids is 1. The number of carbonyl (C=O) groups is 1. The van der Waals surface area contributed by atoms with Crippen molar-refractivity contribution < 1.29 is 18.3 Å². The fourth-order valence-electron chi connectivity index (χ4n) is 2.21. The third-order valence-electron chi connectivity index (χ3n) is 3.21. The van der Waals surface area contributed by atoms with Crippen LogP contribution in [0.25, 0.3) is 0 Å². The van der Waals surface area contributed by atoms with Gasteiger partial charge < -0.3 is 5.11 Å². The molecule has 1 rings (SSSR count). The normalized spacial score (nSPS) is 25.8. The third-order valence-corrected chi connectivity index (χ3v) is 5.00. The molecule has 1 aliphatic rings. The first kappa shape index (κ1) is 13.5. The van der Waals surface area contributed by atoms with Crippen LogP contribution in [0, 0.1) is 17.8 Å². The van der Waals surface area contributed by atoms with Crippen molar-refractivity contribution in [1.29, 1.82) is 0 Å². The number of hydrogen-bond donors (Lipinski definition) is 1. The Morgan fingerprint density at radius 2 is 2.00 bits per heavy atom. The van der Waals surface area contributed by atoms with Crippen molar-refractivity contribution in [2.45, 2.75) is 33.1 Å². The zero-order chi connectivity index (χ0) is 12.3. The van der Waals surface area contributed by atoms with E-state index in [1.165, 1.54) is 0 Å². The highest BCUT2D eigenvalue weighted by molar-refractivity contribution is 7.91. The molecule has 0 spiro atoms. The molecule has 1 fully saturated rings. The van der Waals surface area contributed by atoms with E-state index in [1.807, 2.05) is 13.8 Å². The van der Waals surface area contributed by atoms with Crippen LogP contribution in [0.2, 0.25) is 0 Å². The first-order chi connectivity index (χ1) is 7.32. The number of hydrogen-bond acceptors (Lipinski definition) is 3. The van der Waals surface area contributed by atoms with E-state index in [2.05, 4.69) is 0 Å². The second kappa shape index (κ2) is 5.17. The Hall–Kier alpha value is -0.580. The Kier molecular flexibility index (Phi) is 4.35. The van der Waals surface area contributed by atoms with Crippen molar-refractivity contribution in [2.24, 2.45) is 17.8 Å². The highest BCUT2D eigenvalue weighted by atomic mass is 32.2. The van der Waals surface area contributed by atoms with E-state index in [0.717, 1.165) is 6.42 Å². The Labute approximate surface area is 97.0 Å². The summed E-state index contributed by atoms with van der Waals surface area (Å²) in [4.78, 5) is 11.1. The van der Waals surface area contributed by atoms with Gasteiger partial charge in [-0.2, -0.15) is 0 Å². The maximum Gasteiger partial charge on any atom is 0.306 e. The van der Waals surface area contributed by atoms with Crippen LogP contribution in [0.1, 0.15) is 33.1 Å². The van der Waals surface area contributed by atoms with Crippen LogP contribution in [0.4, 0.5) is 0 Å². The summed E-state index contributed by atoms with van der Waals surface area (Å²) in [6.07, 6.45) is 1.94. The lowest BCUT2D eigenvalue weighted by atomic mass is 9.86. The molecule has 0 aromatic carbocycles. The summed E-state index contributed by atoms with van der Waals surface area (Å²) < 4.78 is 22.6. The first-order valence-electron chi connectivity index (χ1n) is 5.75. The van der Waals surface area contributed by atoms with Gasteiger partial charge in [0, 0.05) is 0 Å². The van der Waals surface area contributed by atoms with Crippen LogP contribution < -0.4 is 0 Å². The fourth-order valence-corrected chi connectivity index (χ4v) is 4.09. The summed E-state index contributed by atoms with van der Waals surface area (Å²) in [6, 6.07) is 0. The summed E-state index contributed by atoms with van der Waals surface area (Å²) in [7, 11) is -2.98. The van der Waals surface area contributed by atoms with Crippen molar-refractivity contribution >= 4 is 15.8 Å². The molecule has 1 aliphatic heterocycles. The molecular formula is C11H20O4S. The molecule has 0 aromatic heterocycles. The van der Waals surface area contributed by atoms with Gasteiger partial charge >= 0.3 is 5.97 Å². The molecule has 16 heavy (non-hydrogen) atoms. The summed E-state index contributed by atoms with van der Waals surface area (Å²) >= 11 is 0. The van der Waals surface area contributed by atoms with Gasteiger partial charge in [0.15, 0.2) is 9.84 Å². The van der Waals surface area contributed by atoms with Gasteiger partial charge in [-0.15, -0.1) is 0 Å². The Balaban J connectivity index is 2.61. The lowest BCUT2D eigenvalue weighted by Gasteiger charge is -2.18. The maximum atomic E-state index is 11.3. The molecule has 1 N–H and O–H groups in total. The molecule has 1 heterocycles. The second-order valence-electron chi connectivity index (χ2n) is 5.08. The summed E-state index contributed by atoms with van der Waals surface area (Å²) in [5, 5.41) is 9.12. The molecule has 2 atom stereocenters. The van der Waals surface area contributed by atoms with Gasteiger partial charge in [-0.05, 0) is 24.7 Å². The molecule has 0 bridgehead atoms. The van der Waals surface area contributed by atoms with Crippen LogP contribution in [0.15, 0.2) is 0 Å². The molecule has 1 saturated heterocycles. The number of carboxylic acid groups (broad SMARTS) is 1. The number of sulfone groups is 1. The van der Waals surface area contributed by atoms with E-state index < -0.39 is 21.7 Å². The molecular weight excluding hydrogens is 228 g/mol. The summed E-state index contributed by atoms with van der Waals surface area (Å²) in [6.45, 7) is 4.09. The summed E-state index contributed by atoms with van der Waals surface area (Å²) in [5.41, 5.74) is 0. The number of rotatable bonds is 5. The smallest absolute Gasteiger partial charge is 0.306 e. The van der Waals surface area contributed by atoms with Crippen molar-refractivity contribution in [2.75, 3.05) is 11.5 Å². The van der Waals surface area contributed by atoms with E-state index in [-0.39, 0.29) is 17.4 Å². The highest BCUT2D eigenvalue weighted by Gasteiger charge is 2.36. The topological polar surface area (TPSA) is 71.4 Å². The Bertz CT molecular complexity index is 345. The third kappa shape index (κ3) is 3.77. The lowest BCUT2D eigenvalue weighted by molar-refractivity contribution is -0.143. The molecule has 94 valence electrons. The van der Waals surface area contributed by atoms with Crippen LogP contribution in [0.5, 0.6) is 0 Å². The van der Waals surface area contributed by atoms with E-state index in [9.17, 15) is 13.2 Å². The van der Waals surface area contributed by atoms with Gasteiger partial charge in [-0.1, -0.05) is 20.3 Å². The van der Waals surface area contributed by atoms with Crippen molar-refractivity contribution in [3.05, 3.63) is 0 Å². The van der Waals surface area contributed by atoms with Crippen LogP contribution in [-0.4, -0.2) is 31.0 Å². The molecule has 0 radical (unpaired) electrons. The molecule has 0 saturated carbocycles. The minimum absolute atomic E-state index is 0.0576. The predicted octanol–water partition coefficient (Wildman–Crippen LogP) is 1.56. The molecule has 2 unspecified atom stereocenters. The molecule has 4 nitrogen and oxygen atoms in total. The van der Waals surface area contributed by atoms with Gasteiger partial charge in [-0.25, -0.2) is 8.42 Å². The van der Waals surface area contributed by atoms with E-state index in [1.54, 1.807) is 0 Å². The van der Waals surface area contributed by atoms with Gasteiger partial charge in [0.2, 0.25) is 0 Å². The van der Waals surface area contributed by atoms with Crippen molar-refractivity contribution in [3.8, 4) is 0 Å². The van der Waals surface area contributed by atoms with Crippen LogP contribution >= 0.6 is 0 Å². The van der Waals surface area contributed by atoms with E-state index in [0.29, 0.717) is 18.8 Å². The quantitative estimate of drug-likeness (QED) is 0.801. The predicted molar refractivity (Wildman–Crippen MR) is 62.0 cm³/mol. The van der Waals surface area contributed by atoms with Crippen molar-refractivity contribution in [1.82, 2.24) is 0 Å². The minimum atomic E-state index is -2.98. The van der Waals surface area contributed by atoms with Gasteiger partial charge in [0.05, 0.1) is 17.4 Å². The molecule has 0 aliphatic carbocycles. The molecule has 0 aromatic rings. The zero-order valence-electron chi connectivity index (χ0n) is 9.85. The molecule has 0 amide bonds. The Morgan fingerprint density at radius 1 is 1.38 bits per heavy atom. The van der Waals surface area contributed by atoms with Crippen molar-refractivity contribution in [3.63, 3.8) is 0 Å². The highest BCUT2D eigenvalue weighted by Crippen LogP contribution is 2.30. The van der Waals surface area contributed by atoms with Gasteiger partial charge in [-0.3, -0.25) is 4.79 Å². The van der Waals surface area contributed by atoms with Gasteiger partial charge in [0.25, 0.3) is 0 Å². The SMILES string of the molecule is CC(C)CCC(C(=O)O)C1CCS(=O)(=O)C1. The largest absolute Gasteiger partial charge is 0.481 e. The monoisotopic (exact) mass is 248 g/mol. The van der Waals surface area contributed by atoms with Gasteiger partial charge in [0.1, 0.15) is 0 Å². The second-order valence-corrected chi connectivity index (χ2v) is 7.31. The zero-order valence-corrected chi connectivity index (χ0v) is 10.7. The van der Waals surface area contributed by atoms with E-state index >= 15 is 0 Å². The standard InChI is InChI=1S/C11H20O4S/c1-8(2)3-4-10(11(12)13)9-5-6-16(14,15)7-9/h8-10H,3-7H2,1-2H3,(H,12,13). The first-order valence-corrected chi connectivity index (χ1v) is 7.57. The van der Waals surface area contributed by atoms with E-state index in [4.69, 9.17) is 5.11 Å². The molecule has 5 heteroatoms. The average molecular weight is 248 g/mol. The lowest BCUT2D eigenvalue weighted by Crippen LogP contribution is -2.25. The average Bonchev–Trinajstić information content (AvgIpc) is 2.45. The van der Waals surface area contributed by atoms with Crippen LogP contribution in [0.3, 0.4) is 0 Å². The summed E-state index contributed by atoms with van der Waals surface area (Å²) in [5.74, 6) is -0.839. The maximum absolute atomic E-state index is 11.3. The fraction of sp³-hybridized carbons (Fsp3) is 0.909. The Morgan fingerprint density at radius 3 is 2.38 bits per heavy atom. The van der Waals surface area contributed by atoms with Crippen LogP contribution in [-0.2, 0) is 14.6 Å².